The lowest BCUT2D eigenvalue weighted by molar-refractivity contribution is -0.119. The minimum Gasteiger partial charge on any atom is -0.504 e. The van der Waals surface area contributed by atoms with Crippen LogP contribution in [-0.2, 0) is 4.79 Å². The molecule has 3 aromatic rings. The van der Waals surface area contributed by atoms with Gasteiger partial charge in [-0.3, -0.25) is 9.69 Å². The molecule has 0 saturated heterocycles. The van der Waals surface area contributed by atoms with E-state index in [0.29, 0.717) is 29.4 Å². The van der Waals surface area contributed by atoms with Gasteiger partial charge in [0.05, 0.1) is 30.8 Å². The van der Waals surface area contributed by atoms with E-state index in [2.05, 4.69) is 5.32 Å². The van der Waals surface area contributed by atoms with Crippen molar-refractivity contribution in [2.24, 2.45) is 0 Å². The number of fused-ring (bicyclic) bond motifs is 1. The van der Waals surface area contributed by atoms with Gasteiger partial charge in [-0.1, -0.05) is 30.3 Å². The molecule has 29 heavy (non-hydrogen) atoms. The molecular weight excluding hydrogens is 368 g/mol. The number of benzene rings is 3. The Bertz CT molecular complexity index is 1050. The van der Waals surface area contributed by atoms with Gasteiger partial charge in [-0.15, -0.1) is 0 Å². The number of ether oxygens (including phenoxy) is 2. The Hall–Kier alpha value is -3.67. The molecule has 0 aliphatic carbocycles. The van der Waals surface area contributed by atoms with Crippen LogP contribution in [0.25, 0.3) is 0 Å². The number of nitrogens with one attached hydrogen (secondary N) is 1. The van der Waals surface area contributed by atoms with Gasteiger partial charge >= 0.3 is 0 Å². The van der Waals surface area contributed by atoms with Gasteiger partial charge in [-0.05, 0) is 48.9 Å². The SMILES string of the molecule is CCOc1cc(C2Nc3ccccc3N(c3ccccc3OC)C2=O)ccc1O. The van der Waals surface area contributed by atoms with Crippen molar-refractivity contribution >= 4 is 23.0 Å². The molecule has 0 saturated carbocycles. The molecule has 2 N–H and O–H groups in total. The molecule has 1 aliphatic heterocycles. The molecule has 0 radical (unpaired) electrons. The standard InChI is InChI=1S/C23H22N2O4/c1-3-29-21-14-15(12-13-19(21)26)22-23(27)25(17-9-5-4-8-16(17)24-22)18-10-6-7-11-20(18)28-2/h4-14,22,24,26H,3H2,1-2H3. The number of amides is 1. The molecule has 4 rings (SSSR count). The van der Waals surface area contributed by atoms with Gasteiger partial charge in [0.15, 0.2) is 11.5 Å². The van der Waals surface area contributed by atoms with Crippen molar-refractivity contribution in [1.82, 2.24) is 0 Å². The summed E-state index contributed by atoms with van der Waals surface area (Å²) < 4.78 is 11.0. The van der Waals surface area contributed by atoms with E-state index in [1.54, 1.807) is 30.2 Å². The number of rotatable bonds is 5. The third-order valence-electron chi connectivity index (χ3n) is 4.86. The molecule has 1 atom stereocenters. The Morgan fingerprint density at radius 3 is 2.48 bits per heavy atom. The Balaban J connectivity index is 1.83. The topological polar surface area (TPSA) is 71.0 Å². The number of phenolic OH excluding ortho intramolecular Hbond substituents is 1. The highest BCUT2D eigenvalue weighted by atomic mass is 16.5. The van der Waals surface area contributed by atoms with Crippen LogP contribution in [0.5, 0.6) is 17.2 Å². The zero-order chi connectivity index (χ0) is 20.4. The van der Waals surface area contributed by atoms with Gasteiger partial charge in [0, 0.05) is 0 Å². The van der Waals surface area contributed by atoms with E-state index in [1.807, 2.05) is 55.5 Å². The Morgan fingerprint density at radius 2 is 1.72 bits per heavy atom. The van der Waals surface area contributed by atoms with Crippen molar-refractivity contribution in [2.45, 2.75) is 13.0 Å². The quantitative estimate of drug-likeness (QED) is 0.665. The smallest absolute Gasteiger partial charge is 0.258 e. The first-order chi connectivity index (χ1) is 14.1. The monoisotopic (exact) mass is 390 g/mol. The molecule has 6 heteroatoms. The summed E-state index contributed by atoms with van der Waals surface area (Å²) in [6.07, 6.45) is 0. The summed E-state index contributed by atoms with van der Waals surface area (Å²) in [5.74, 6) is 0.849. The van der Waals surface area contributed by atoms with E-state index in [9.17, 15) is 9.90 Å². The summed E-state index contributed by atoms with van der Waals surface area (Å²) in [6.45, 7) is 2.26. The minimum absolute atomic E-state index is 0.0424. The molecule has 3 aromatic carbocycles. The zero-order valence-corrected chi connectivity index (χ0v) is 16.3. The summed E-state index contributed by atoms with van der Waals surface area (Å²) in [5, 5.41) is 13.3. The van der Waals surface area contributed by atoms with Gasteiger partial charge in [0.25, 0.3) is 5.91 Å². The summed E-state index contributed by atoms with van der Waals surface area (Å²) >= 11 is 0. The molecular formula is C23H22N2O4. The number of hydrogen-bond acceptors (Lipinski definition) is 5. The number of phenols is 1. The Morgan fingerprint density at radius 1 is 1.00 bits per heavy atom. The first kappa shape index (κ1) is 18.7. The molecule has 1 unspecified atom stereocenters. The van der Waals surface area contributed by atoms with E-state index < -0.39 is 6.04 Å². The number of hydrogen-bond donors (Lipinski definition) is 2. The van der Waals surface area contributed by atoms with Crippen molar-refractivity contribution in [3.63, 3.8) is 0 Å². The maximum atomic E-state index is 13.6. The van der Waals surface area contributed by atoms with Crippen LogP contribution < -0.4 is 19.7 Å². The van der Waals surface area contributed by atoms with Gasteiger partial charge < -0.3 is 19.9 Å². The second-order valence-electron chi connectivity index (χ2n) is 6.60. The lowest BCUT2D eigenvalue weighted by atomic mass is 10.00. The van der Waals surface area contributed by atoms with Crippen molar-refractivity contribution in [2.75, 3.05) is 23.9 Å². The molecule has 6 nitrogen and oxygen atoms in total. The highest BCUT2D eigenvalue weighted by molar-refractivity contribution is 6.11. The first-order valence-corrected chi connectivity index (χ1v) is 9.42. The lowest BCUT2D eigenvalue weighted by Gasteiger charge is -2.36. The van der Waals surface area contributed by atoms with Crippen LogP contribution >= 0.6 is 0 Å². The number of nitrogens with zero attached hydrogens (tertiary/aromatic N) is 1. The third kappa shape index (κ3) is 3.33. The summed E-state index contributed by atoms with van der Waals surface area (Å²) in [5.41, 5.74) is 2.95. The fraction of sp³-hybridized carbons (Fsp3) is 0.174. The lowest BCUT2D eigenvalue weighted by Crippen LogP contribution is -2.39. The predicted molar refractivity (Wildman–Crippen MR) is 112 cm³/mol. The van der Waals surface area contributed by atoms with E-state index >= 15 is 0 Å². The highest BCUT2D eigenvalue weighted by Crippen LogP contribution is 2.44. The largest absolute Gasteiger partial charge is 0.504 e. The minimum atomic E-state index is -0.644. The van der Waals surface area contributed by atoms with Gasteiger partial charge in [-0.2, -0.15) is 0 Å². The van der Waals surface area contributed by atoms with Crippen LogP contribution in [0.1, 0.15) is 18.5 Å². The Labute approximate surface area is 169 Å². The van der Waals surface area contributed by atoms with E-state index in [4.69, 9.17) is 9.47 Å². The van der Waals surface area contributed by atoms with E-state index in [1.165, 1.54) is 0 Å². The normalized spacial score (nSPS) is 15.4. The number of methoxy groups -OCH3 is 1. The fourth-order valence-corrected chi connectivity index (χ4v) is 3.53. The zero-order valence-electron chi connectivity index (χ0n) is 16.3. The number of carbonyl (C=O) groups excluding carboxylic acids is 1. The molecule has 1 aliphatic rings. The number of carbonyl (C=O) groups is 1. The van der Waals surface area contributed by atoms with E-state index in [0.717, 1.165) is 11.4 Å². The number of anilines is 3. The molecule has 0 aromatic heterocycles. The predicted octanol–water partition coefficient (Wildman–Crippen LogP) is 4.63. The van der Waals surface area contributed by atoms with E-state index in [-0.39, 0.29) is 11.7 Å². The van der Waals surface area contributed by atoms with Crippen LogP contribution in [0.3, 0.4) is 0 Å². The fourth-order valence-electron chi connectivity index (χ4n) is 3.53. The second-order valence-corrected chi connectivity index (χ2v) is 6.60. The average Bonchev–Trinajstić information content (AvgIpc) is 2.75. The summed E-state index contributed by atoms with van der Waals surface area (Å²) in [6, 6.07) is 19.4. The summed E-state index contributed by atoms with van der Waals surface area (Å²) in [4.78, 5) is 15.3. The maximum Gasteiger partial charge on any atom is 0.258 e. The molecule has 148 valence electrons. The van der Waals surface area contributed by atoms with Crippen LogP contribution in [0, 0.1) is 0 Å². The third-order valence-corrected chi connectivity index (χ3v) is 4.86. The van der Waals surface area contributed by atoms with Gasteiger partial charge in [-0.25, -0.2) is 0 Å². The van der Waals surface area contributed by atoms with Crippen molar-refractivity contribution in [3.8, 4) is 17.2 Å². The number of aromatic hydroxyl groups is 1. The van der Waals surface area contributed by atoms with Crippen molar-refractivity contribution in [3.05, 3.63) is 72.3 Å². The van der Waals surface area contributed by atoms with Crippen LogP contribution in [0.15, 0.2) is 66.7 Å². The molecule has 1 amide bonds. The highest BCUT2D eigenvalue weighted by Gasteiger charge is 2.35. The van der Waals surface area contributed by atoms with Crippen molar-refractivity contribution < 1.29 is 19.4 Å². The summed E-state index contributed by atoms with van der Waals surface area (Å²) in [7, 11) is 1.59. The van der Waals surface area contributed by atoms with Gasteiger partial charge in [0.2, 0.25) is 0 Å². The first-order valence-electron chi connectivity index (χ1n) is 9.42. The second kappa shape index (κ2) is 7.75. The molecule has 0 fully saturated rings. The average molecular weight is 390 g/mol. The van der Waals surface area contributed by atoms with Gasteiger partial charge in [0.1, 0.15) is 11.8 Å². The van der Waals surface area contributed by atoms with Crippen LogP contribution in [0.2, 0.25) is 0 Å². The molecule has 1 heterocycles. The molecule has 0 spiro atoms. The van der Waals surface area contributed by atoms with Crippen LogP contribution in [-0.4, -0.2) is 24.7 Å². The van der Waals surface area contributed by atoms with Crippen molar-refractivity contribution in [1.29, 1.82) is 0 Å². The number of para-hydroxylation sites is 4. The maximum absolute atomic E-state index is 13.6. The van der Waals surface area contributed by atoms with Crippen LogP contribution in [0.4, 0.5) is 17.1 Å². The molecule has 0 bridgehead atoms. The Kier molecular flexibility index (Phi) is 4.99.